The highest BCUT2D eigenvalue weighted by atomic mass is 32.2. The van der Waals surface area contributed by atoms with E-state index in [2.05, 4.69) is 4.98 Å². The average molecular weight is 362 g/mol. The number of thiazole rings is 1. The van der Waals surface area contributed by atoms with Gasteiger partial charge in [-0.25, -0.2) is 9.88 Å². The zero-order chi connectivity index (χ0) is 17.3. The summed E-state index contributed by atoms with van der Waals surface area (Å²) in [5.41, 5.74) is 0.784. The predicted molar refractivity (Wildman–Crippen MR) is 92.5 cm³/mol. The van der Waals surface area contributed by atoms with Gasteiger partial charge in [-0.3, -0.25) is 20.3 Å². The zero-order valence-electron chi connectivity index (χ0n) is 12.3. The normalized spacial score (nSPS) is 16.0. The lowest BCUT2D eigenvalue weighted by Gasteiger charge is -2.08. The Labute approximate surface area is 144 Å². The highest BCUT2D eigenvalue weighted by Crippen LogP contribution is 2.38. The van der Waals surface area contributed by atoms with Crippen LogP contribution in [0.5, 0.6) is 5.75 Å². The number of thioether (sulfide) groups is 1. The van der Waals surface area contributed by atoms with Gasteiger partial charge in [0, 0.05) is 0 Å². The molecule has 3 rings (SSSR count). The summed E-state index contributed by atoms with van der Waals surface area (Å²) in [5.74, 6) is 0.275. The van der Waals surface area contributed by atoms with Crippen LogP contribution in [0.1, 0.15) is 5.56 Å². The highest BCUT2D eigenvalue weighted by Gasteiger charge is 2.36. The number of rotatable bonds is 4. The number of aromatic nitrogens is 1. The van der Waals surface area contributed by atoms with Crippen LogP contribution >= 0.6 is 23.1 Å². The first-order valence-electron chi connectivity index (χ1n) is 6.56. The summed E-state index contributed by atoms with van der Waals surface area (Å²) in [5, 5.41) is 18.6. The van der Waals surface area contributed by atoms with Crippen molar-refractivity contribution in [3.63, 3.8) is 0 Å². The SMILES string of the molecule is COc1ccc(/C=C2\SC(=N)N(c3ncc([N+](=O)[O-])s3)C2=O)cc1. The van der Waals surface area contributed by atoms with Gasteiger partial charge < -0.3 is 4.74 Å². The molecule has 0 saturated carbocycles. The van der Waals surface area contributed by atoms with Gasteiger partial charge >= 0.3 is 5.00 Å². The Hall–Kier alpha value is -2.72. The fourth-order valence-corrected chi connectivity index (χ4v) is 3.60. The molecule has 0 bridgehead atoms. The van der Waals surface area contributed by atoms with Crippen LogP contribution in [0, 0.1) is 15.5 Å². The van der Waals surface area contributed by atoms with E-state index in [1.807, 2.05) is 0 Å². The lowest BCUT2D eigenvalue weighted by molar-refractivity contribution is -0.380. The van der Waals surface area contributed by atoms with Gasteiger partial charge in [-0.2, -0.15) is 0 Å². The molecular formula is C14H10N4O4S2. The van der Waals surface area contributed by atoms with E-state index in [1.165, 1.54) is 0 Å². The lowest BCUT2D eigenvalue weighted by atomic mass is 10.2. The summed E-state index contributed by atoms with van der Waals surface area (Å²) >= 11 is 1.74. The minimum absolute atomic E-state index is 0.0380. The molecule has 0 spiro atoms. The molecule has 0 unspecified atom stereocenters. The van der Waals surface area contributed by atoms with Crippen molar-refractivity contribution in [3.8, 4) is 5.75 Å². The Morgan fingerprint density at radius 2 is 2.08 bits per heavy atom. The van der Waals surface area contributed by atoms with Gasteiger partial charge in [0.15, 0.2) is 5.17 Å². The molecule has 24 heavy (non-hydrogen) atoms. The number of nitrogens with one attached hydrogen (secondary N) is 1. The average Bonchev–Trinajstić information content (AvgIpc) is 3.14. The summed E-state index contributed by atoms with van der Waals surface area (Å²) < 4.78 is 5.08. The quantitative estimate of drug-likeness (QED) is 0.508. The molecular weight excluding hydrogens is 352 g/mol. The van der Waals surface area contributed by atoms with E-state index in [0.29, 0.717) is 10.7 Å². The minimum Gasteiger partial charge on any atom is -0.497 e. The molecule has 122 valence electrons. The van der Waals surface area contributed by atoms with E-state index in [-0.39, 0.29) is 15.3 Å². The third kappa shape index (κ3) is 3.01. The number of hydrogen-bond acceptors (Lipinski definition) is 8. The molecule has 0 radical (unpaired) electrons. The number of anilines is 1. The minimum atomic E-state index is -0.577. The molecule has 0 atom stereocenters. The monoisotopic (exact) mass is 362 g/mol. The third-order valence-corrected chi connectivity index (χ3v) is 4.91. The first-order chi connectivity index (χ1) is 11.5. The Morgan fingerprint density at radius 3 is 2.67 bits per heavy atom. The zero-order valence-corrected chi connectivity index (χ0v) is 13.9. The summed E-state index contributed by atoms with van der Waals surface area (Å²) in [6, 6.07) is 7.12. The summed E-state index contributed by atoms with van der Waals surface area (Å²) in [6.45, 7) is 0. The number of amidine groups is 1. The topological polar surface area (TPSA) is 109 Å². The maximum atomic E-state index is 12.5. The van der Waals surface area contributed by atoms with Crippen molar-refractivity contribution in [2.75, 3.05) is 12.0 Å². The van der Waals surface area contributed by atoms with Gasteiger partial charge in [0.05, 0.1) is 16.9 Å². The van der Waals surface area contributed by atoms with Crippen molar-refractivity contribution in [2.24, 2.45) is 0 Å². The predicted octanol–water partition coefficient (Wildman–Crippen LogP) is 3.12. The number of methoxy groups -OCH3 is 1. The Balaban J connectivity index is 1.87. The number of nitro groups is 1. The number of amides is 1. The fourth-order valence-electron chi connectivity index (χ4n) is 1.96. The molecule has 1 N–H and O–H groups in total. The van der Waals surface area contributed by atoms with E-state index in [4.69, 9.17) is 10.1 Å². The van der Waals surface area contributed by atoms with E-state index in [1.54, 1.807) is 37.5 Å². The summed E-state index contributed by atoms with van der Waals surface area (Å²) in [4.78, 5) is 27.9. The van der Waals surface area contributed by atoms with Crippen LogP contribution in [-0.2, 0) is 4.79 Å². The van der Waals surface area contributed by atoms with Crippen LogP contribution in [0.2, 0.25) is 0 Å². The van der Waals surface area contributed by atoms with Crippen molar-refractivity contribution >= 4 is 50.4 Å². The molecule has 1 aromatic heterocycles. The Morgan fingerprint density at radius 1 is 1.38 bits per heavy atom. The van der Waals surface area contributed by atoms with Gasteiger partial charge in [0.2, 0.25) is 5.13 Å². The van der Waals surface area contributed by atoms with E-state index in [9.17, 15) is 14.9 Å². The van der Waals surface area contributed by atoms with Crippen LogP contribution in [0.15, 0.2) is 35.4 Å². The number of hydrogen-bond donors (Lipinski definition) is 1. The summed E-state index contributed by atoms with van der Waals surface area (Å²) in [7, 11) is 1.57. The molecule has 1 aromatic carbocycles. The van der Waals surface area contributed by atoms with Gasteiger partial charge in [0.25, 0.3) is 5.91 Å². The largest absolute Gasteiger partial charge is 0.497 e. The second-order valence-electron chi connectivity index (χ2n) is 4.57. The molecule has 1 amide bonds. The molecule has 1 fully saturated rings. The van der Waals surface area contributed by atoms with E-state index in [0.717, 1.165) is 39.8 Å². The number of nitrogens with zero attached hydrogens (tertiary/aromatic N) is 3. The van der Waals surface area contributed by atoms with Gasteiger partial charge in [-0.05, 0) is 46.9 Å². The van der Waals surface area contributed by atoms with Crippen LogP contribution in [-0.4, -0.2) is 28.1 Å². The molecule has 10 heteroatoms. The van der Waals surface area contributed by atoms with Gasteiger partial charge in [-0.15, -0.1) is 0 Å². The van der Waals surface area contributed by atoms with Crippen LogP contribution in [0.3, 0.4) is 0 Å². The molecule has 1 aliphatic heterocycles. The highest BCUT2D eigenvalue weighted by molar-refractivity contribution is 8.19. The fraction of sp³-hybridized carbons (Fsp3) is 0.0714. The number of carbonyl (C=O) groups is 1. The number of ether oxygens (including phenoxy) is 1. The molecule has 0 aliphatic carbocycles. The van der Waals surface area contributed by atoms with E-state index >= 15 is 0 Å². The Bertz CT molecular complexity index is 860. The standard InChI is InChI=1S/C14H10N4O4S2/c1-22-9-4-2-8(3-5-9)6-10-12(19)17(13(15)23-10)14-16-7-11(24-14)18(20)21/h2-7,15H,1H3/b10-6-,15-13?. The van der Waals surface area contributed by atoms with Crippen LogP contribution < -0.4 is 9.64 Å². The van der Waals surface area contributed by atoms with Crippen molar-refractivity contribution in [1.82, 2.24) is 4.98 Å². The number of carbonyl (C=O) groups excluding carboxylic acids is 1. The van der Waals surface area contributed by atoms with Crippen LogP contribution in [0.25, 0.3) is 6.08 Å². The van der Waals surface area contributed by atoms with Crippen molar-refractivity contribution in [2.45, 2.75) is 0 Å². The summed E-state index contributed by atoms with van der Waals surface area (Å²) in [6.07, 6.45) is 2.74. The first-order valence-corrected chi connectivity index (χ1v) is 8.19. The van der Waals surface area contributed by atoms with Crippen molar-refractivity contribution < 1.29 is 14.5 Å². The smallest absolute Gasteiger partial charge is 0.345 e. The first kappa shape index (κ1) is 16.1. The van der Waals surface area contributed by atoms with Gasteiger partial charge in [0.1, 0.15) is 11.9 Å². The van der Waals surface area contributed by atoms with Crippen molar-refractivity contribution in [1.29, 1.82) is 5.41 Å². The maximum Gasteiger partial charge on any atom is 0.345 e. The Kier molecular flexibility index (Phi) is 4.32. The van der Waals surface area contributed by atoms with Gasteiger partial charge in [-0.1, -0.05) is 12.1 Å². The molecule has 2 heterocycles. The molecule has 8 nitrogen and oxygen atoms in total. The lowest BCUT2D eigenvalue weighted by Crippen LogP contribution is -2.27. The molecule has 1 saturated heterocycles. The number of benzene rings is 1. The second kappa shape index (κ2) is 6.42. The van der Waals surface area contributed by atoms with E-state index < -0.39 is 10.8 Å². The molecule has 2 aromatic rings. The van der Waals surface area contributed by atoms with Crippen LogP contribution in [0.4, 0.5) is 10.1 Å². The van der Waals surface area contributed by atoms with Crippen molar-refractivity contribution in [3.05, 3.63) is 51.0 Å². The maximum absolute atomic E-state index is 12.5. The molecule has 1 aliphatic rings. The third-order valence-electron chi connectivity index (χ3n) is 3.09. The second-order valence-corrected chi connectivity index (χ2v) is 6.59.